The molecule has 2 atom stereocenters. The lowest BCUT2D eigenvalue weighted by molar-refractivity contribution is -0.125. The minimum absolute atomic E-state index is 0.103. The lowest BCUT2D eigenvalue weighted by Crippen LogP contribution is -2.58. The number of fused-ring (bicyclic) bond motifs is 9. The quantitative estimate of drug-likeness (QED) is 0.475. The molecule has 3 amide bonds. The number of nitrogens with zero attached hydrogens (tertiary/aromatic N) is 2. The van der Waals surface area contributed by atoms with Crippen molar-refractivity contribution >= 4 is 17.7 Å². The Morgan fingerprint density at radius 2 is 1.86 bits per heavy atom. The van der Waals surface area contributed by atoms with Crippen molar-refractivity contribution in [3.63, 3.8) is 0 Å². The molecule has 4 heterocycles. The smallest absolute Gasteiger partial charge is 0.272 e. The zero-order chi connectivity index (χ0) is 30.3. The molecule has 2 aromatic carbocycles. The minimum Gasteiger partial charge on any atom is -0.496 e. The van der Waals surface area contributed by atoms with Crippen LogP contribution in [0.15, 0.2) is 54.7 Å². The van der Waals surface area contributed by atoms with Crippen LogP contribution in [0.2, 0.25) is 0 Å². The van der Waals surface area contributed by atoms with Gasteiger partial charge in [0.2, 0.25) is 5.91 Å². The van der Waals surface area contributed by atoms with E-state index in [1.165, 1.54) is 26.4 Å². The van der Waals surface area contributed by atoms with E-state index in [0.717, 1.165) is 17.3 Å². The van der Waals surface area contributed by atoms with Gasteiger partial charge in [0.1, 0.15) is 29.1 Å². The number of halogens is 1. The molecule has 43 heavy (non-hydrogen) atoms. The second-order valence-corrected chi connectivity index (χ2v) is 10.3. The van der Waals surface area contributed by atoms with Crippen molar-refractivity contribution in [1.29, 1.82) is 0 Å². The number of benzene rings is 2. The zero-order valence-electron chi connectivity index (χ0n) is 23.9. The van der Waals surface area contributed by atoms with E-state index in [2.05, 4.69) is 15.6 Å². The van der Waals surface area contributed by atoms with Crippen LogP contribution < -0.4 is 29.6 Å². The van der Waals surface area contributed by atoms with Crippen LogP contribution in [0.1, 0.15) is 34.5 Å². The van der Waals surface area contributed by atoms with Crippen LogP contribution in [0.4, 0.5) is 4.39 Å². The highest BCUT2D eigenvalue weighted by Gasteiger charge is 2.35. The molecule has 1 fully saturated rings. The molecule has 6 rings (SSSR count). The molecule has 0 saturated carbocycles. The number of methoxy groups -OCH3 is 2. The predicted octanol–water partition coefficient (Wildman–Crippen LogP) is 2.66. The van der Waals surface area contributed by atoms with Gasteiger partial charge < -0.3 is 34.5 Å². The van der Waals surface area contributed by atoms with Crippen LogP contribution in [0.5, 0.6) is 23.0 Å². The Balaban J connectivity index is 1.42. The maximum absolute atomic E-state index is 13.4. The molecule has 0 radical (unpaired) electrons. The lowest BCUT2D eigenvalue weighted by Gasteiger charge is -2.38. The second kappa shape index (κ2) is 13.4. The van der Waals surface area contributed by atoms with Crippen molar-refractivity contribution in [2.75, 3.05) is 33.9 Å². The molecule has 226 valence electrons. The minimum atomic E-state index is -0.602. The fourth-order valence-electron chi connectivity index (χ4n) is 5.10. The summed E-state index contributed by atoms with van der Waals surface area (Å²) in [5.41, 5.74) is 1.72. The summed E-state index contributed by atoms with van der Waals surface area (Å²) in [7, 11) is 3.04. The Labute approximate surface area is 248 Å². The number of carbonyl (C=O) groups excluding carboxylic acids is 3. The average Bonchev–Trinajstić information content (AvgIpc) is 3.02. The van der Waals surface area contributed by atoms with Crippen molar-refractivity contribution in [3.05, 3.63) is 77.4 Å². The third-order valence-electron chi connectivity index (χ3n) is 7.38. The summed E-state index contributed by atoms with van der Waals surface area (Å²) in [5, 5.41) is 5.89. The molecular weight excluding hydrogens is 559 g/mol. The molecule has 0 aliphatic carbocycles. The summed E-state index contributed by atoms with van der Waals surface area (Å²) < 4.78 is 36.5. The Bertz CT molecular complexity index is 1480. The monoisotopic (exact) mass is 592 g/mol. The fraction of sp³-hybridized carbons (Fsp3) is 0.355. The highest BCUT2D eigenvalue weighted by molar-refractivity contribution is 5.92. The topological polar surface area (TPSA) is 128 Å². The van der Waals surface area contributed by atoms with E-state index in [0.29, 0.717) is 42.4 Å². The van der Waals surface area contributed by atoms with Crippen LogP contribution in [0, 0.1) is 5.82 Å². The number of pyridine rings is 1. The molecule has 12 heteroatoms. The van der Waals surface area contributed by atoms with E-state index < -0.39 is 23.9 Å². The first-order chi connectivity index (χ1) is 20.8. The summed E-state index contributed by atoms with van der Waals surface area (Å²) in [6.07, 6.45) is 1.60. The molecule has 0 unspecified atom stereocenters. The normalized spacial score (nSPS) is 19.3. The maximum atomic E-state index is 13.4. The Hall–Kier alpha value is -4.87. The Morgan fingerprint density at radius 3 is 2.63 bits per heavy atom. The van der Waals surface area contributed by atoms with E-state index in [9.17, 15) is 18.8 Å². The number of hydrogen-bond donors (Lipinski definition) is 2. The van der Waals surface area contributed by atoms with Crippen LogP contribution >= 0.6 is 0 Å². The Morgan fingerprint density at radius 1 is 1.02 bits per heavy atom. The Kier molecular flexibility index (Phi) is 9.23. The van der Waals surface area contributed by atoms with Gasteiger partial charge in [0.05, 0.1) is 26.5 Å². The maximum Gasteiger partial charge on any atom is 0.272 e. The van der Waals surface area contributed by atoms with Gasteiger partial charge in [-0.3, -0.25) is 14.4 Å². The summed E-state index contributed by atoms with van der Waals surface area (Å²) in [6, 6.07) is 12.6. The average molecular weight is 593 g/mol. The first kappa shape index (κ1) is 29.6. The summed E-state index contributed by atoms with van der Waals surface area (Å²) in [5.74, 6) is 0.388. The third kappa shape index (κ3) is 7.32. The van der Waals surface area contributed by atoms with Crippen molar-refractivity contribution < 1.29 is 37.7 Å². The van der Waals surface area contributed by atoms with Crippen LogP contribution in [-0.4, -0.2) is 73.7 Å². The highest BCUT2D eigenvalue weighted by atomic mass is 19.1. The van der Waals surface area contributed by atoms with E-state index in [4.69, 9.17) is 18.9 Å². The number of ether oxygens (including phenoxy) is 4. The predicted molar refractivity (Wildman–Crippen MR) is 153 cm³/mol. The van der Waals surface area contributed by atoms with E-state index >= 15 is 0 Å². The van der Waals surface area contributed by atoms with Crippen molar-refractivity contribution in [2.45, 2.75) is 38.0 Å². The number of likely N-dealkylation sites (tertiary alicyclic amines) is 1. The van der Waals surface area contributed by atoms with Gasteiger partial charge in [-0.25, -0.2) is 9.37 Å². The van der Waals surface area contributed by atoms with Crippen LogP contribution in [-0.2, 0) is 22.6 Å². The summed E-state index contributed by atoms with van der Waals surface area (Å²) in [6.45, 7) is 0.417. The molecule has 0 spiro atoms. The second-order valence-electron chi connectivity index (χ2n) is 10.3. The molecule has 1 saturated heterocycles. The third-order valence-corrected chi connectivity index (χ3v) is 7.38. The fourth-order valence-corrected chi connectivity index (χ4v) is 5.10. The summed E-state index contributed by atoms with van der Waals surface area (Å²) >= 11 is 0. The van der Waals surface area contributed by atoms with Gasteiger partial charge in [0.15, 0.2) is 18.1 Å². The molecule has 2 N–H and O–H groups in total. The molecule has 3 aliphatic rings. The number of nitrogens with one attached hydrogen (secondary N) is 2. The van der Waals surface area contributed by atoms with Gasteiger partial charge in [-0.2, -0.15) is 0 Å². The molecule has 4 bridgehead atoms. The summed E-state index contributed by atoms with van der Waals surface area (Å²) in [4.78, 5) is 44.4. The van der Waals surface area contributed by atoms with Gasteiger partial charge in [0.25, 0.3) is 11.8 Å². The largest absolute Gasteiger partial charge is 0.496 e. The van der Waals surface area contributed by atoms with E-state index in [-0.39, 0.29) is 43.6 Å². The van der Waals surface area contributed by atoms with Crippen molar-refractivity contribution in [1.82, 2.24) is 20.5 Å². The van der Waals surface area contributed by atoms with Gasteiger partial charge in [-0.05, 0) is 48.4 Å². The van der Waals surface area contributed by atoms with Gasteiger partial charge in [0, 0.05) is 44.1 Å². The van der Waals surface area contributed by atoms with Crippen molar-refractivity contribution in [2.24, 2.45) is 0 Å². The number of aryl methyl sites for hydroxylation is 1. The first-order valence-electron chi connectivity index (χ1n) is 13.9. The number of hydrogen-bond acceptors (Lipinski definition) is 8. The van der Waals surface area contributed by atoms with E-state index in [1.54, 1.807) is 29.2 Å². The van der Waals surface area contributed by atoms with Gasteiger partial charge in [-0.1, -0.05) is 6.07 Å². The number of rotatable bonds is 3. The number of amides is 3. The molecular formula is C31H33FN4O7. The molecule has 11 nitrogen and oxygen atoms in total. The van der Waals surface area contributed by atoms with E-state index in [1.807, 2.05) is 12.1 Å². The molecule has 3 aliphatic heterocycles. The zero-order valence-corrected chi connectivity index (χ0v) is 23.9. The first-order valence-corrected chi connectivity index (χ1v) is 13.9. The van der Waals surface area contributed by atoms with Gasteiger partial charge >= 0.3 is 0 Å². The molecule has 1 aromatic heterocycles. The number of carbonyl (C=O) groups is 3. The highest BCUT2D eigenvalue weighted by Crippen LogP contribution is 2.30. The number of aromatic nitrogens is 1. The van der Waals surface area contributed by atoms with Crippen LogP contribution in [0.25, 0.3) is 0 Å². The lowest BCUT2D eigenvalue weighted by atomic mass is 10.0. The SMILES string of the molecule is COc1cc2ccc1CNC(=O)CCc1ccc(OC)c(c1)OCC(=O)N[C@@H]1CN(C(=O)c3ccc(F)cn3)CC[C@@H]1O2. The molecule has 3 aromatic rings. The van der Waals surface area contributed by atoms with Crippen LogP contribution in [0.3, 0.4) is 0 Å². The van der Waals surface area contributed by atoms with Crippen molar-refractivity contribution in [3.8, 4) is 23.0 Å². The van der Waals surface area contributed by atoms with Gasteiger partial charge in [-0.15, -0.1) is 0 Å². The standard InChI is InChI=1S/C31H33FN4O7/c1-40-26-9-3-19-4-10-29(37)34-15-20-5-7-22(14-27(20)41-2)43-25-11-12-36(31(39)23-8-6-21(32)16-33-23)17-24(25)35-30(38)18-42-28(26)13-19/h3,5-9,13-14,16,24-25H,4,10-12,15,17-18H2,1-2H3,(H,34,37)(H,35,38)/t24-,25+/m1/s1. The number of piperidine rings is 1.